The van der Waals surface area contributed by atoms with Crippen molar-refractivity contribution in [1.29, 1.82) is 0 Å². The summed E-state index contributed by atoms with van der Waals surface area (Å²) in [5.41, 5.74) is 5.20. The highest BCUT2D eigenvalue weighted by atomic mass is 35.5. The normalized spacial score (nSPS) is 12.4. The van der Waals surface area contributed by atoms with E-state index in [-0.39, 0.29) is 24.5 Å². The van der Waals surface area contributed by atoms with Crippen LogP contribution in [-0.2, 0) is 11.3 Å². The number of carbonyl (C=O) groups excluding carboxylic acids is 2. The minimum atomic E-state index is -0.916. The summed E-state index contributed by atoms with van der Waals surface area (Å²) >= 11 is 12.0. The molecule has 7 nitrogen and oxygen atoms in total. The number of halogens is 2. The summed E-state index contributed by atoms with van der Waals surface area (Å²) in [6.45, 7) is 7.71. The average molecular weight is 482 g/mol. The number of hydrogen-bond acceptors (Lipinski definition) is 3. The SMILES string of the molecule is CC(C)N(C[C@@H](O)c1ccc(Cl)c(Cl)c1)C(=O)Nc1ccc(CNC(=O)C(C)(C)[NH3+])cc1. The molecular formula is C23H31Cl2N4O3+. The van der Waals surface area contributed by atoms with Crippen LogP contribution >= 0.6 is 23.2 Å². The van der Waals surface area contributed by atoms with Crippen LogP contribution in [0.15, 0.2) is 42.5 Å². The summed E-state index contributed by atoms with van der Waals surface area (Å²) < 4.78 is 0. The summed E-state index contributed by atoms with van der Waals surface area (Å²) in [5.74, 6) is -0.136. The summed E-state index contributed by atoms with van der Waals surface area (Å²) in [5, 5.41) is 17.0. The van der Waals surface area contributed by atoms with Crippen LogP contribution in [0.25, 0.3) is 0 Å². The second kappa shape index (κ2) is 11.0. The maximum atomic E-state index is 12.8. The molecule has 0 aliphatic rings. The fraction of sp³-hybridized carbons (Fsp3) is 0.391. The molecule has 1 atom stereocenters. The Morgan fingerprint density at radius 2 is 1.72 bits per heavy atom. The monoisotopic (exact) mass is 481 g/mol. The Kier molecular flexibility index (Phi) is 8.92. The molecule has 32 heavy (non-hydrogen) atoms. The van der Waals surface area contributed by atoms with Gasteiger partial charge in [0.15, 0.2) is 5.54 Å². The summed E-state index contributed by atoms with van der Waals surface area (Å²) in [6.07, 6.45) is -0.916. The smallest absolute Gasteiger partial charge is 0.322 e. The molecule has 0 radical (unpaired) electrons. The van der Waals surface area contributed by atoms with Gasteiger partial charge in [0, 0.05) is 18.3 Å². The molecule has 0 spiro atoms. The van der Waals surface area contributed by atoms with Crippen LogP contribution in [0.3, 0.4) is 0 Å². The van der Waals surface area contributed by atoms with Crippen molar-refractivity contribution in [3.63, 3.8) is 0 Å². The van der Waals surface area contributed by atoms with Crippen LogP contribution in [0, 0.1) is 0 Å². The molecule has 174 valence electrons. The van der Waals surface area contributed by atoms with Crippen LogP contribution in [0.4, 0.5) is 10.5 Å². The summed E-state index contributed by atoms with van der Waals surface area (Å²) in [4.78, 5) is 26.3. The number of benzene rings is 2. The first-order chi connectivity index (χ1) is 14.9. The first-order valence-corrected chi connectivity index (χ1v) is 11.1. The minimum absolute atomic E-state index is 0.0897. The third-order valence-electron chi connectivity index (χ3n) is 4.86. The van der Waals surface area contributed by atoms with E-state index in [1.165, 1.54) is 4.90 Å². The Labute approximate surface area is 198 Å². The topological polar surface area (TPSA) is 109 Å². The van der Waals surface area contributed by atoms with Crippen LogP contribution < -0.4 is 16.4 Å². The molecule has 0 heterocycles. The lowest BCUT2D eigenvalue weighted by molar-refractivity contribution is -0.446. The number of rotatable bonds is 8. The van der Waals surface area contributed by atoms with Gasteiger partial charge < -0.3 is 26.4 Å². The first kappa shape index (κ1) is 25.9. The van der Waals surface area contributed by atoms with Crippen LogP contribution in [-0.4, -0.2) is 40.1 Å². The van der Waals surface area contributed by atoms with Gasteiger partial charge in [-0.15, -0.1) is 0 Å². The molecule has 0 saturated heterocycles. The van der Waals surface area contributed by atoms with Crippen molar-refractivity contribution in [2.45, 2.75) is 51.9 Å². The van der Waals surface area contributed by atoms with Gasteiger partial charge >= 0.3 is 6.03 Å². The molecule has 0 aliphatic heterocycles. The van der Waals surface area contributed by atoms with E-state index in [1.54, 1.807) is 44.2 Å². The minimum Gasteiger partial charge on any atom is -0.387 e. The van der Waals surface area contributed by atoms with E-state index in [4.69, 9.17) is 23.2 Å². The number of aliphatic hydroxyl groups excluding tert-OH is 1. The van der Waals surface area contributed by atoms with Gasteiger partial charge in [-0.1, -0.05) is 41.4 Å². The third-order valence-corrected chi connectivity index (χ3v) is 5.59. The molecule has 2 aromatic carbocycles. The van der Waals surface area contributed by atoms with Crippen molar-refractivity contribution in [2.24, 2.45) is 0 Å². The average Bonchev–Trinajstić information content (AvgIpc) is 2.71. The van der Waals surface area contributed by atoms with Gasteiger partial charge in [-0.2, -0.15) is 0 Å². The lowest BCUT2D eigenvalue weighted by Crippen LogP contribution is -2.75. The Balaban J connectivity index is 2.00. The van der Waals surface area contributed by atoms with E-state index in [1.807, 2.05) is 26.0 Å². The predicted octanol–water partition coefficient (Wildman–Crippen LogP) is 3.61. The molecule has 0 aliphatic carbocycles. The largest absolute Gasteiger partial charge is 0.387 e. The van der Waals surface area contributed by atoms with E-state index in [9.17, 15) is 14.7 Å². The maximum Gasteiger partial charge on any atom is 0.322 e. The van der Waals surface area contributed by atoms with E-state index in [2.05, 4.69) is 16.4 Å². The Bertz CT molecular complexity index is 943. The van der Waals surface area contributed by atoms with Gasteiger partial charge in [0.2, 0.25) is 0 Å². The number of nitrogens with zero attached hydrogens (tertiary/aromatic N) is 1. The number of urea groups is 1. The van der Waals surface area contributed by atoms with Crippen molar-refractivity contribution < 1.29 is 20.4 Å². The van der Waals surface area contributed by atoms with E-state index in [0.717, 1.165) is 5.56 Å². The maximum absolute atomic E-state index is 12.8. The second-order valence-corrected chi connectivity index (χ2v) is 9.44. The van der Waals surface area contributed by atoms with Crippen LogP contribution in [0.2, 0.25) is 10.0 Å². The predicted molar refractivity (Wildman–Crippen MR) is 128 cm³/mol. The van der Waals surface area contributed by atoms with E-state index >= 15 is 0 Å². The van der Waals surface area contributed by atoms with Crippen molar-refractivity contribution in [1.82, 2.24) is 10.2 Å². The molecule has 2 rings (SSSR count). The summed E-state index contributed by atoms with van der Waals surface area (Å²) in [7, 11) is 0. The van der Waals surface area contributed by atoms with Gasteiger partial charge in [-0.05, 0) is 63.1 Å². The van der Waals surface area contributed by atoms with Gasteiger partial charge in [0.1, 0.15) is 0 Å². The molecule has 0 bridgehead atoms. The van der Waals surface area contributed by atoms with E-state index in [0.29, 0.717) is 27.8 Å². The van der Waals surface area contributed by atoms with Crippen molar-refractivity contribution in [3.05, 3.63) is 63.6 Å². The number of quaternary nitrogens is 1. The Morgan fingerprint density at radius 1 is 1.09 bits per heavy atom. The lowest BCUT2D eigenvalue weighted by atomic mass is 10.1. The van der Waals surface area contributed by atoms with Gasteiger partial charge in [-0.25, -0.2) is 4.79 Å². The molecule has 9 heteroatoms. The van der Waals surface area contributed by atoms with Gasteiger partial charge in [0.05, 0.1) is 22.7 Å². The molecule has 0 unspecified atom stereocenters. The molecule has 2 aromatic rings. The van der Waals surface area contributed by atoms with Crippen molar-refractivity contribution in [3.8, 4) is 0 Å². The molecule has 6 N–H and O–H groups in total. The van der Waals surface area contributed by atoms with Crippen LogP contribution in [0.1, 0.15) is 44.9 Å². The number of aliphatic hydroxyl groups is 1. The molecule has 3 amide bonds. The number of carbonyl (C=O) groups is 2. The highest BCUT2D eigenvalue weighted by Gasteiger charge is 2.25. The van der Waals surface area contributed by atoms with Crippen molar-refractivity contribution in [2.75, 3.05) is 11.9 Å². The second-order valence-electron chi connectivity index (χ2n) is 8.63. The quantitative estimate of drug-likeness (QED) is 0.462. The lowest BCUT2D eigenvalue weighted by Gasteiger charge is -2.29. The Morgan fingerprint density at radius 3 is 2.25 bits per heavy atom. The number of anilines is 1. The highest BCUT2D eigenvalue weighted by molar-refractivity contribution is 6.42. The number of nitrogens with one attached hydrogen (secondary N) is 2. The molecule has 0 fully saturated rings. The zero-order chi connectivity index (χ0) is 24.1. The fourth-order valence-electron chi connectivity index (χ4n) is 2.86. The van der Waals surface area contributed by atoms with E-state index < -0.39 is 11.6 Å². The third kappa shape index (κ3) is 7.38. The zero-order valence-electron chi connectivity index (χ0n) is 18.8. The molecule has 0 saturated carbocycles. The zero-order valence-corrected chi connectivity index (χ0v) is 20.3. The van der Waals surface area contributed by atoms with Crippen LogP contribution in [0.5, 0.6) is 0 Å². The Hall–Kier alpha value is -2.32. The molecular weight excluding hydrogens is 451 g/mol. The number of amides is 3. The number of hydrogen-bond donors (Lipinski definition) is 4. The van der Waals surface area contributed by atoms with Gasteiger partial charge in [-0.3, -0.25) is 4.79 Å². The standard InChI is InChI=1S/C23H30Cl2N4O3/c1-14(2)29(13-20(30)16-7-10-18(24)19(25)11-16)22(32)28-17-8-5-15(6-9-17)12-27-21(31)23(3,4)26/h5-11,14,20,30H,12-13,26H2,1-4H3,(H,27,31)(H,28,32)/p+1/t20-/m1/s1. The summed E-state index contributed by atoms with van der Waals surface area (Å²) in [6, 6.07) is 11.6. The van der Waals surface area contributed by atoms with Crippen molar-refractivity contribution >= 4 is 40.8 Å². The molecule has 0 aromatic heterocycles. The van der Waals surface area contributed by atoms with Gasteiger partial charge in [0.25, 0.3) is 5.91 Å². The highest BCUT2D eigenvalue weighted by Crippen LogP contribution is 2.26. The fourth-order valence-corrected chi connectivity index (χ4v) is 3.17. The first-order valence-electron chi connectivity index (χ1n) is 10.3.